The van der Waals surface area contributed by atoms with Crippen molar-refractivity contribution in [1.82, 2.24) is 5.32 Å². The summed E-state index contributed by atoms with van der Waals surface area (Å²) in [6, 6.07) is 2.25. The number of nitrogens with zero attached hydrogens (tertiary/aromatic N) is 1. The molecule has 0 bridgehead atoms. The molecule has 1 saturated carbocycles. The summed E-state index contributed by atoms with van der Waals surface area (Å²) in [6.07, 6.45) is 2.88. The maximum absolute atomic E-state index is 12.0. The Morgan fingerprint density at radius 3 is 2.65 bits per heavy atom. The van der Waals surface area contributed by atoms with Crippen LogP contribution < -0.4 is 5.32 Å². The molecule has 1 amide bonds. The lowest BCUT2D eigenvalue weighted by Gasteiger charge is -2.28. The van der Waals surface area contributed by atoms with Crippen LogP contribution in [0.25, 0.3) is 0 Å². The molecule has 108 valence electrons. The number of thiophene rings is 1. The molecule has 2 N–H and O–H groups in total. The average molecular weight is 298 g/mol. The van der Waals surface area contributed by atoms with Gasteiger partial charge in [-0.2, -0.15) is 0 Å². The highest BCUT2D eigenvalue weighted by atomic mass is 32.1. The van der Waals surface area contributed by atoms with Gasteiger partial charge < -0.3 is 10.4 Å². The summed E-state index contributed by atoms with van der Waals surface area (Å²) in [5.41, 5.74) is 0. The second kappa shape index (κ2) is 6.00. The van der Waals surface area contributed by atoms with E-state index in [9.17, 15) is 19.7 Å². The van der Waals surface area contributed by atoms with E-state index in [2.05, 4.69) is 5.32 Å². The van der Waals surface area contributed by atoms with E-state index in [0.717, 1.165) is 24.2 Å². The summed E-state index contributed by atoms with van der Waals surface area (Å²) in [7, 11) is 0. The molecule has 7 nitrogen and oxygen atoms in total. The molecule has 0 spiro atoms. The van der Waals surface area contributed by atoms with Crippen molar-refractivity contribution in [3.05, 3.63) is 27.1 Å². The average Bonchev–Trinajstić information content (AvgIpc) is 2.89. The van der Waals surface area contributed by atoms with E-state index in [4.69, 9.17) is 5.11 Å². The summed E-state index contributed by atoms with van der Waals surface area (Å²) >= 11 is 0.789. The Balaban J connectivity index is 2.05. The fourth-order valence-electron chi connectivity index (χ4n) is 2.39. The van der Waals surface area contributed by atoms with E-state index >= 15 is 0 Å². The minimum absolute atomic E-state index is 0.103. The van der Waals surface area contributed by atoms with Gasteiger partial charge in [0.2, 0.25) is 0 Å². The number of carbonyl (C=O) groups is 2. The maximum Gasteiger partial charge on any atom is 0.324 e. The molecule has 0 aliphatic heterocycles. The number of carbonyl (C=O) groups excluding carboxylic acids is 1. The Bertz CT molecular complexity index is 542. The van der Waals surface area contributed by atoms with Crippen LogP contribution in [0.1, 0.15) is 35.4 Å². The van der Waals surface area contributed by atoms with Crippen LogP contribution in [0.3, 0.4) is 0 Å². The van der Waals surface area contributed by atoms with Gasteiger partial charge in [-0.25, -0.2) is 0 Å². The van der Waals surface area contributed by atoms with Crippen LogP contribution in [0.5, 0.6) is 0 Å². The van der Waals surface area contributed by atoms with Crippen molar-refractivity contribution in [1.29, 1.82) is 0 Å². The number of nitrogens with one attached hydrogen (secondary N) is 1. The van der Waals surface area contributed by atoms with Gasteiger partial charge in [-0.05, 0) is 18.9 Å². The van der Waals surface area contributed by atoms with Gasteiger partial charge in [-0.15, -0.1) is 0 Å². The molecule has 2 rings (SSSR count). The standard InChI is InChI=1S/C12H14N2O5S/c15-11(9-5-6-10(20-9)14(18)19)13-8-4-2-1-3-7(8)12(16)17/h5-8H,1-4H2,(H,13,15)(H,16,17). The second-order valence-corrected chi connectivity index (χ2v) is 5.77. The molecule has 2 unspecified atom stereocenters. The highest BCUT2D eigenvalue weighted by Crippen LogP contribution is 2.27. The first-order valence-corrected chi connectivity index (χ1v) is 7.08. The Morgan fingerprint density at radius 2 is 2.05 bits per heavy atom. The lowest BCUT2D eigenvalue weighted by molar-refractivity contribution is -0.380. The highest BCUT2D eigenvalue weighted by Gasteiger charge is 2.32. The number of carboxylic acids is 1. The van der Waals surface area contributed by atoms with E-state index in [0.29, 0.717) is 12.8 Å². The molecule has 0 saturated heterocycles. The Morgan fingerprint density at radius 1 is 1.35 bits per heavy atom. The molecule has 20 heavy (non-hydrogen) atoms. The van der Waals surface area contributed by atoms with Crippen molar-refractivity contribution in [3.63, 3.8) is 0 Å². The molecule has 1 aromatic rings. The largest absolute Gasteiger partial charge is 0.481 e. The lowest BCUT2D eigenvalue weighted by atomic mass is 9.84. The lowest BCUT2D eigenvalue weighted by Crippen LogP contribution is -2.44. The van der Waals surface area contributed by atoms with E-state index < -0.39 is 28.8 Å². The van der Waals surface area contributed by atoms with Crippen LogP contribution in [0.2, 0.25) is 0 Å². The van der Waals surface area contributed by atoms with Crippen LogP contribution in [-0.4, -0.2) is 27.9 Å². The third kappa shape index (κ3) is 3.13. The molecule has 8 heteroatoms. The fourth-order valence-corrected chi connectivity index (χ4v) is 3.11. The molecule has 0 radical (unpaired) electrons. The van der Waals surface area contributed by atoms with Gasteiger partial charge in [0.05, 0.1) is 15.7 Å². The number of rotatable bonds is 4. The van der Waals surface area contributed by atoms with Gasteiger partial charge in [-0.3, -0.25) is 19.7 Å². The Labute approximate surface area is 118 Å². The van der Waals surface area contributed by atoms with E-state index in [1.54, 1.807) is 0 Å². The van der Waals surface area contributed by atoms with Crippen LogP contribution in [0.4, 0.5) is 5.00 Å². The number of hydrogen-bond donors (Lipinski definition) is 2. The van der Waals surface area contributed by atoms with Crippen molar-refractivity contribution in [3.8, 4) is 0 Å². The second-order valence-electron chi connectivity index (χ2n) is 4.70. The Kier molecular flexibility index (Phi) is 4.33. The number of amides is 1. The summed E-state index contributed by atoms with van der Waals surface area (Å²) in [6.45, 7) is 0. The van der Waals surface area contributed by atoms with Crippen LogP contribution in [0, 0.1) is 16.0 Å². The zero-order valence-electron chi connectivity index (χ0n) is 10.6. The van der Waals surface area contributed by atoms with Gasteiger partial charge in [0.25, 0.3) is 5.91 Å². The Hall–Kier alpha value is -1.96. The molecule has 1 aliphatic carbocycles. The SMILES string of the molecule is O=C(NC1CCCCC1C(=O)O)c1ccc([N+](=O)[O-])s1. The predicted molar refractivity (Wildman–Crippen MR) is 71.8 cm³/mol. The van der Waals surface area contributed by atoms with Crippen LogP contribution in [0.15, 0.2) is 12.1 Å². The first-order valence-electron chi connectivity index (χ1n) is 6.27. The first kappa shape index (κ1) is 14.4. The molecule has 1 aliphatic rings. The summed E-state index contributed by atoms with van der Waals surface area (Å²) in [5, 5.41) is 22.3. The van der Waals surface area contributed by atoms with Gasteiger partial charge in [0.1, 0.15) is 0 Å². The van der Waals surface area contributed by atoms with E-state index in [1.807, 2.05) is 0 Å². The van der Waals surface area contributed by atoms with Crippen molar-refractivity contribution < 1.29 is 19.6 Å². The number of hydrogen-bond acceptors (Lipinski definition) is 5. The zero-order valence-corrected chi connectivity index (χ0v) is 11.4. The fraction of sp³-hybridized carbons (Fsp3) is 0.500. The molecule has 1 fully saturated rings. The molecule has 0 aromatic carbocycles. The van der Waals surface area contributed by atoms with Gasteiger partial charge in [0, 0.05) is 12.1 Å². The maximum atomic E-state index is 12.0. The minimum atomic E-state index is -0.910. The van der Waals surface area contributed by atoms with E-state index in [-0.39, 0.29) is 9.88 Å². The van der Waals surface area contributed by atoms with Crippen molar-refractivity contribution >= 4 is 28.2 Å². The van der Waals surface area contributed by atoms with Crippen molar-refractivity contribution in [2.75, 3.05) is 0 Å². The van der Waals surface area contributed by atoms with Crippen LogP contribution >= 0.6 is 11.3 Å². The van der Waals surface area contributed by atoms with Crippen molar-refractivity contribution in [2.45, 2.75) is 31.7 Å². The number of nitro groups is 1. The molecule has 1 heterocycles. The van der Waals surface area contributed by atoms with Crippen molar-refractivity contribution in [2.24, 2.45) is 5.92 Å². The topological polar surface area (TPSA) is 110 Å². The van der Waals surface area contributed by atoms with Gasteiger partial charge >= 0.3 is 11.0 Å². The van der Waals surface area contributed by atoms with Gasteiger partial charge in [-0.1, -0.05) is 24.2 Å². The number of aliphatic carboxylic acids is 1. The molecular formula is C12H14N2O5S. The minimum Gasteiger partial charge on any atom is -0.481 e. The monoisotopic (exact) mass is 298 g/mol. The predicted octanol–water partition coefficient (Wildman–Crippen LogP) is 2.03. The summed E-state index contributed by atoms with van der Waals surface area (Å²) in [4.78, 5) is 33.4. The first-order chi connectivity index (χ1) is 9.49. The van der Waals surface area contributed by atoms with Crippen LogP contribution in [-0.2, 0) is 4.79 Å². The summed E-state index contributed by atoms with van der Waals surface area (Å²) < 4.78 is 0. The van der Waals surface area contributed by atoms with Gasteiger partial charge in [0.15, 0.2) is 0 Å². The molecular weight excluding hydrogens is 284 g/mol. The third-order valence-corrected chi connectivity index (χ3v) is 4.43. The number of carboxylic acid groups (broad SMARTS) is 1. The molecule has 1 aromatic heterocycles. The summed E-state index contributed by atoms with van der Waals surface area (Å²) in [5.74, 6) is -1.93. The quantitative estimate of drug-likeness (QED) is 0.653. The normalized spacial score (nSPS) is 22.2. The smallest absolute Gasteiger partial charge is 0.324 e. The zero-order chi connectivity index (χ0) is 14.7. The molecule has 2 atom stereocenters. The highest BCUT2D eigenvalue weighted by molar-refractivity contribution is 7.17. The third-order valence-electron chi connectivity index (χ3n) is 3.40. The van der Waals surface area contributed by atoms with E-state index in [1.165, 1.54) is 12.1 Å².